The highest BCUT2D eigenvalue weighted by atomic mass is 35.5. The lowest BCUT2D eigenvalue weighted by atomic mass is 9.88. The van der Waals surface area contributed by atoms with E-state index in [9.17, 15) is 4.79 Å². The Kier molecular flexibility index (Phi) is 7.56. The van der Waals surface area contributed by atoms with E-state index in [2.05, 4.69) is 22.8 Å². The van der Waals surface area contributed by atoms with E-state index in [0.29, 0.717) is 28.0 Å². The van der Waals surface area contributed by atoms with Gasteiger partial charge in [0.1, 0.15) is 5.75 Å². The van der Waals surface area contributed by atoms with Crippen molar-refractivity contribution in [2.24, 2.45) is 0 Å². The maximum atomic E-state index is 12.1. The van der Waals surface area contributed by atoms with Crippen molar-refractivity contribution in [1.82, 2.24) is 5.32 Å². The first-order valence-electron chi connectivity index (χ1n) is 10.3. The summed E-state index contributed by atoms with van der Waals surface area (Å²) in [6.45, 7) is 4.67. The molecule has 5 nitrogen and oxygen atoms in total. The second-order valence-electron chi connectivity index (χ2n) is 7.24. The minimum atomic E-state index is -0.452. The first-order valence-corrected chi connectivity index (χ1v) is 11.0. The van der Waals surface area contributed by atoms with Gasteiger partial charge in [-0.15, -0.1) is 0 Å². The Morgan fingerprint density at radius 2 is 1.80 bits per heavy atom. The summed E-state index contributed by atoms with van der Waals surface area (Å²) in [7, 11) is 0. The molecule has 0 radical (unpaired) electrons. The lowest BCUT2D eigenvalue weighted by Gasteiger charge is -2.32. The molecule has 1 saturated carbocycles. The van der Waals surface area contributed by atoms with Crippen LogP contribution in [0.25, 0.3) is 0 Å². The number of carbonyl (C=O) groups is 1. The molecule has 0 amide bonds. The summed E-state index contributed by atoms with van der Waals surface area (Å²) < 4.78 is 10.6. The predicted molar refractivity (Wildman–Crippen MR) is 125 cm³/mol. The summed E-state index contributed by atoms with van der Waals surface area (Å²) in [4.78, 5) is 12.1. The van der Waals surface area contributed by atoms with Crippen LogP contribution >= 0.6 is 23.8 Å². The van der Waals surface area contributed by atoms with Crippen LogP contribution in [0.3, 0.4) is 0 Å². The van der Waals surface area contributed by atoms with Crippen molar-refractivity contribution in [2.45, 2.75) is 45.1 Å². The molecule has 2 N–H and O–H groups in total. The van der Waals surface area contributed by atoms with Gasteiger partial charge in [0.05, 0.1) is 29.3 Å². The van der Waals surface area contributed by atoms with Crippen molar-refractivity contribution < 1.29 is 14.3 Å². The average molecular weight is 447 g/mol. The zero-order valence-corrected chi connectivity index (χ0v) is 18.9. The van der Waals surface area contributed by atoms with Gasteiger partial charge in [-0.05, 0) is 74.8 Å². The zero-order chi connectivity index (χ0) is 21.6. The van der Waals surface area contributed by atoms with Crippen LogP contribution in [-0.4, -0.2) is 24.3 Å². The summed E-state index contributed by atoms with van der Waals surface area (Å²) in [5, 5.41) is 7.57. The number of ether oxygens (including phenoxy) is 2. The van der Waals surface area contributed by atoms with Crippen molar-refractivity contribution in [2.75, 3.05) is 18.5 Å². The van der Waals surface area contributed by atoms with Crippen molar-refractivity contribution in [1.29, 1.82) is 0 Å². The number of esters is 1. The summed E-state index contributed by atoms with van der Waals surface area (Å²) in [5.41, 5.74) is 1.97. The Bertz CT molecular complexity index is 896. The van der Waals surface area contributed by atoms with Gasteiger partial charge in [-0.2, -0.15) is 0 Å². The third-order valence-electron chi connectivity index (χ3n) is 5.25. The highest BCUT2D eigenvalue weighted by molar-refractivity contribution is 7.80. The molecule has 0 bridgehead atoms. The van der Waals surface area contributed by atoms with E-state index in [4.69, 9.17) is 33.3 Å². The first kappa shape index (κ1) is 22.4. The van der Waals surface area contributed by atoms with E-state index in [1.165, 1.54) is 5.56 Å². The van der Waals surface area contributed by atoms with Crippen LogP contribution in [0.2, 0.25) is 5.02 Å². The Morgan fingerprint density at radius 1 is 1.10 bits per heavy atom. The topological polar surface area (TPSA) is 59.6 Å². The van der Waals surface area contributed by atoms with E-state index in [1.807, 2.05) is 19.1 Å². The lowest BCUT2D eigenvalue weighted by Crippen LogP contribution is -2.45. The first-order chi connectivity index (χ1) is 14.5. The van der Waals surface area contributed by atoms with Gasteiger partial charge in [-0.1, -0.05) is 36.6 Å². The molecule has 1 fully saturated rings. The molecule has 2 aromatic carbocycles. The van der Waals surface area contributed by atoms with E-state index < -0.39 is 5.97 Å². The summed E-state index contributed by atoms with van der Waals surface area (Å²) in [5.74, 6) is 0.412. The fourth-order valence-corrected chi connectivity index (χ4v) is 4.36. The van der Waals surface area contributed by atoms with Gasteiger partial charge < -0.3 is 20.1 Å². The van der Waals surface area contributed by atoms with Crippen LogP contribution in [0.1, 0.15) is 55.5 Å². The number of thiocarbonyl (C=S) groups is 1. The van der Waals surface area contributed by atoms with Gasteiger partial charge in [-0.3, -0.25) is 0 Å². The Labute approximate surface area is 188 Å². The van der Waals surface area contributed by atoms with Gasteiger partial charge in [0.15, 0.2) is 5.11 Å². The number of hydrogen-bond acceptors (Lipinski definition) is 4. The fraction of sp³-hybridized carbons (Fsp3) is 0.391. The minimum Gasteiger partial charge on any atom is -0.494 e. The second kappa shape index (κ2) is 10.1. The standard InChI is InChI=1S/C23H27ClN2O3S/c1-3-28-18-10-7-16(8-11-18)23(13-5-6-14-23)26-22(30)25-17-9-12-20(24)19(15-17)21(27)29-4-2/h7-12,15H,3-6,13-14H2,1-2H3,(H2,25,26,30). The summed E-state index contributed by atoms with van der Waals surface area (Å²) in [6.07, 6.45) is 4.27. The predicted octanol–water partition coefficient (Wildman–Crippen LogP) is 5.67. The van der Waals surface area contributed by atoms with Gasteiger partial charge in [0.25, 0.3) is 0 Å². The molecule has 7 heteroatoms. The molecule has 2 aromatic rings. The van der Waals surface area contributed by atoms with E-state index >= 15 is 0 Å². The van der Waals surface area contributed by atoms with E-state index in [-0.39, 0.29) is 12.1 Å². The highest BCUT2D eigenvalue weighted by Gasteiger charge is 2.36. The number of halogens is 1. The van der Waals surface area contributed by atoms with E-state index in [1.54, 1.807) is 25.1 Å². The van der Waals surface area contributed by atoms with Crippen LogP contribution in [0.4, 0.5) is 5.69 Å². The molecular weight excluding hydrogens is 420 g/mol. The van der Waals surface area contributed by atoms with Gasteiger partial charge >= 0.3 is 5.97 Å². The fourth-order valence-electron chi connectivity index (χ4n) is 3.85. The van der Waals surface area contributed by atoms with Crippen molar-refractivity contribution in [3.8, 4) is 5.75 Å². The third kappa shape index (κ3) is 5.24. The number of benzene rings is 2. The molecular formula is C23H27ClN2O3S. The van der Waals surface area contributed by atoms with Gasteiger partial charge in [-0.25, -0.2) is 4.79 Å². The SMILES string of the molecule is CCOC(=O)c1cc(NC(=S)NC2(c3ccc(OCC)cc3)CCCC2)ccc1Cl. The maximum Gasteiger partial charge on any atom is 0.339 e. The largest absolute Gasteiger partial charge is 0.494 e. The Balaban J connectivity index is 1.75. The van der Waals surface area contributed by atoms with Crippen molar-refractivity contribution in [3.63, 3.8) is 0 Å². The number of anilines is 1. The highest BCUT2D eigenvalue weighted by Crippen LogP contribution is 2.39. The third-order valence-corrected chi connectivity index (χ3v) is 5.78. The average Bonchev–Trinajstić information content (AvgIpc) is 3.20. The Hall–Kier alpha value is -2.31. The molecule has 30 heavy (non-hydrogen) atoms. The van der Waals surface area contributed by atoms with Crippen LogP contribution in [0, 0.1) is 0 Å². The van der Waals surface area contributed by atoms with Crippen LogP contribution in [0.15, 0.2) is 42.5 Å². The quantitative estimate of drug-likeness (QED) is 0.422. The maximum absolute atomic E-state index is 12.1. The summed E-state index contributed by atoms with van der Waals surface area (Å²) in [6, 6.07) is 13.3. The van der Waals surface area contributed by atoms with Crippen molar-refractivity contribution >= 4 is 40.6 Å². The number of rotatable bonds is 7. The molecule has 0 atom stereocenters. The van der Waals surface area contributed by atoms with E-state index in [0.717, 1.165) is 31.4 Å². The Morgan fingerprint density at radius 3 is 2.43 bits per heavy atom. The second-order valence-corrected chi connectivity index (χ2v) is 8.06. The molecule has 160 valence electrons. The smallest absolute Gasteiger partial charge is 0.339 e. The molecule has 0 unspecified atom stereocenters. The number of hydrogen-bond donors (Lipinski definition) is 2. The van der Waals surface area contributed by atoms with Crippen LogP contribution < -0.4 is 15.4 Å². The monoisotopic (exact) mass is 446 g/mol. The normalized spacial score (nSPS) is 14.8. The summed E-state index contributed by atoms with van der Waals surface area (Å²) >= 11 is 11.8. The molecule has 3 rings (SSSR count). The van der Waals surface area contributed by atoms with Gasteiger partial charge in [0, 0.05) is 5.69 Å². The molecule has 0 saturated heterocycles. The van der Waals surface area contributed by atoms with Crippen LogP contribution in [-0.2, 0) is 10.3 Å². The molecule has 0 heterocycles. The van der Waals surface area contributed by atoms with Crippen LogP contribution in [0.5, 0.6) is 5.75 Å². The molecule has 0 spiro atoms. The number of nitrogens with one attached hydrogen (secondary N) is 2. The van der Waals surface area contributed by atoms with Gasteiger partial charge in [0.2, 0.25) is 0 Å². The van der Waals surface area contributed by atoms with Crippen molar-refractivity contribution in [3.05, 3.63) is 58.6 Å². The zero-order valence-electron chi connectivity index (χ0n) is 17.3. The number of carbonyl (C=O) groups excluding carboxylic acids is 1. The molecule has 1 aliphatic rings. The minimum absolute atomic E-state index is 0.217. The molecule has 0 aromatic heterocycles. The molecule has 0 aliphatic heterocycles. The molecule has 1 aliphatic carbocycles. The lowest BCUT2D eigenvalue weighted by molar-refractivity contribution is 0.0526.